The van der Waals surface area contributed by atoms with Gasteiger partial charge in [0.05, 0.1) is 197 Å². The summed E-state index contributed by atoms with van der Waals surface area (Å²) >= 11 is 6.03. The highest BCUT2D eigenvalue weighted by atomic mass is 35.5. The number of fused-ring (bicyclic) bond motifs is 4. The molecular formula is C99H112ClFN22O11. The second-order valence-corrected chi connectivity index (χ2v) is 32.3. The Kier molecular flexibility index (Phi) is 32.4. The molecule has 0 spiro atoms. The van der Waals surface area contributed by atoms with E-state index in [1.54, 1.807) is 117 Å². The minimum atomic E-state index is -0.406. The summed E-state index contributed by atoms with van der Waals surface area (Å²) in [5, 5.41) is 55.3. The van der Waals surface area contributed by atoms with E-state index in [1.807, 2.05) is 154 Å². The van der Waals surface area contributed by atoms with Gasteiger partial charge in [-0.3, -0.25) is 48.5 Å². The normalized spacial score (nSPS) is 13.6. The Morgan fingerprint density at radius 3 is 1.08 bits per heavy atom. The quantitative estimate of drug-likeness (QED) is 0.0278. The standard InChI is InChI=1S/2C26H30N6O3.C23H24ClN5O2.C23H24FN5O3.CH4/c2*1-30-16-18(14-28-30)26-15-27-24-5-4-19(12-25(24)29-26)32(9-8-31-7-6-21(33)17-31)20-10-22(34-2)13-23(11-20)35-3;1-28-15-16(13-26-28)21-14-25-19-7-5-17(11-20(19)27-21)29(10-4-9-24)22-12-18(30-2)6-8-23(22)31-3;1-32-20-10-17(24)9-19(11-20)29(5-2-7-30)18-3-4-21-22(12-18)27-23(14-25-21)16-13-26-28(15-16)6-8-31;/h2*4-5,10-16,21,33H,6-9,17H2,1-3H3;5-8,11-15H,4,9-10H2,1-3H3;3-4,9-15,30-31H,2,5-8H2,1H3;1H4. The first-order valence-corrected chi connectivity index (χ1v) is 44.1. The van der Waals surface area contributed by atoms with E-state index in [1.165, 1.54) is 19.2 Å². The predicted molar refractivity (Wildman–Crippen MR) is 521 cm³/mol. The smallest absolute Gasteiger partial charge is 0.142 e. The lowest BCUT2D eigenvalue weighted by Crippen LogP contribution is -2.32. The summed E-state index contributed by atoms with van der Waals surface area (Å²) in [6, 6.07) is 45.9. The van der Waals surface area contributed by atoms with Crippen molar-refractivity contribution in [1.82, 2.24) is 88.8 Å². The number of hydrogen-bond donors (Lipinski definition) is 4. The van der Waals surface area contributed by atoms with Gasteiger partial charge in [0.2, 0.25) is 0 Å². The molecule has 16 aromatic rings. The molecule has 2 unspecified atom stereocenters. The molecule has 2 aliphatic rings. The second kappa shape index (κ2) is 45.2. The zero-order chi connectivity index (χ0) is 93.0. The molecule has 8 aromatic carbocycles. The lowest BCUT2D eigenvalue weighted by Gasteiger charge is -2.28. The zero-order valence-corrected chi connectivity index (χ0v) is 76.7. The van der Waals surface area contributed by atoms with Crippen LogP contribution in [0.4, 0.5) is 49.9 Å². The summed E-state index contributed by atoms with van der Waals surface area (Å²) in [4.78, 5) is 50.7. The van der Waals surface area contributed by atoms with Crippen molar-refractivity contribution in [2.45, 2.75) is 51.9 Å². The number of aliphatic hydroxyl groups is 4. The molecule has 0 bridgehead atoms. The van der Waals surface area contributed by atoms with Crippen LogP contribution in [0.3, 0.4) is 0 Å². The fourth-order valence-electron chi connectivity index (χ4n) is 15.9. The number of hydrogen-bond acceptors (Lipinski definition) is 29. The Morgan fingerprint density at radius 2 is 0.731 bits per heavy atom. The number of halogens is 2. The van der Waals surface area contributed by atoms with Crippen LogP contribution in [0.25, 0.3) is 89.2 Å². The number of nitrogens with zero attached hydrogens (tertiary/aromatic N) is 22. The van der Waals surface area contributed by atoms with E-state index in [2.05, 4.69) is 89.1 Å². The first-order valence-electron chi connectivity index (χ1n) is 43.6. The van der Waals surface area contributed by atoms with Gasteiger partial charge in [0, 0.05) is 241 Å². The van der Waals surface area contributed by atoms with Crippen LogP contribution in [-0.4, -0.2) is 256 Å². The maximum atomic E-state index is 14.2. The number of alkyl halides is 1. The highest BCUT2D eigenvalue weighted by molar-refractivity contribution is 6.17. The van der Waals surface area contributed by atoms with Crippen molar-refractivity contribution in [3.63, 3.8) is 0 Å². The summed E-state index contributed by atoms with van der Waals surface area (Å²) in [7, 11) is 17.1. The number of benzene rings is 8. The molecule has 2 atom stereocenters. The number of methoxy groups -OCH3 is 7. The molecule has 18 rings (SSSR count). The minimum Gasteiger partial charge on any atom is -0.497 e. The molecule has 2 saturated heterocycles. The Hall–Kier alpha value is -14.3. The van der Waals surface area contributed by atoms with Gasteiger partial charge in [0.1, 0.15) is 46.1 Å². The van der Waals surface area contributed by atoms with Gasteiger partial charge in [0.25, 0.3) is 0 Å². The van der Waals surface area contributed by atoms with Crippen LogP contribution in [0.1, 0.15) is 33.1 Å². The zero-order valence-electron chi connectivity index (χ0n) is 75.9. The van der Waals surface area contributed by atoms with Crippen LogP contribution in [0.5, 0.6) is 40.2 Å². The Morgan fingerprint density at radius 1 is 0.366 bits per heavy atom. The number of rotatable bonds is 33. The van der Waals surface area contributed by atoms with Gasteiger partial charge in [-0.15, -0.1) is 11.6 Å². The second-order valence-electron chi connectivity index (χ2n) is 31.9. The fourth-order valence-corrected chi connectivity index (χ4v) is 16.0. The van der Waals surface area contributed by atoms with Crippen LogP contribution >= 0.6 is 11.6 Å². The molecule has 35 heteroatoms. The monoisotopic (exact) mass is 1840 g/mol. The third-order valence-corrected chi connectivity index (χ3v) is 23.1. The van der Waals surface area contributed by atoms with Crippen molar-refractivity contribution in [2.75, 3.05) is 154 Å². The lowest BCUT2D eigenvalue weighted by molar-refractivity contribution is 0.177. The van der Waals surface area contributed by atoms with Crippen molar-refractivity contribution >= 4 is 101 Å². The molecule has 698 valence electrons. The summed E-state index contributed by atoms with van der Waals surface area (Å²) in [5.74, 6) is 4.97. The van der Waals surface area contributed by atoms with E-state index in [4.69, 9.17) is 69.8 Å². The molecule has 2 aliphatic heterocycles. The van der Waals surface area contributed by atoms with Crippen molar-refractivity contribution in [3.8, 4) is 85.3 Å². The summed E-state index contributed by atoms with van der Waals surface area (Å²) in [6.45, 7) is 7.90. The maximum absolute atomic E-state index is 14.2. The molecule has 8 aromatic heterocycles. The van der Waals surface area contributed by atoms with Gasteiger partial charge in [-0.05, 0) is 117 Å². The van der Waals surface area contributed by atoms with Gasteiger partial charge in [0.15, 0.2) is 0 Å². The van der Waals surface area contributed by atoms with E-state index in [0.29, 0.717) is 67.7 Å². The number of anilines is 8. The summed E-state index contributed by atoms with van der Waals surface area (Å²) in [6.07, 6.45) is 24.1. The number of ether oxygens (including phenoxy) is 7. The Labute approximate surface area is 781 Å². The van der Waals surface area contributed by atoms with Crippen molar-refractivity contribution in [1.29, 1.82) is 0 Å². The first kappa shape index (κ1) is 95.8. The molecular weight excluding hydrogens is 1730 g/mol. The average molecular weight is 1840 g/mol. The molecule has 33 nitrogen and oxygen atoms in total. The molecule has 0 amide bonds. The van der Waals surface area contributed by atoms with Gasteiger partial charge in [-0.25, -0.2) is 24.3 Å². The number of aliphatic hydroxyl groups excluding tert-OH is 4. The van der Waals surface area contributed by atoms with Crippen molar-refractivity contribution in [3.05, 3.63) is 226 Å². The topological polar surface area (TPSA) is 339 Å². The van der Waals surface area contributed by atoms with Crippen LogP contribution < -0.4 is 52.8 Å². The summed E-state index contributed by atoms with van der Waals surface area (Å²) < 4.78 is 59.5. The number of aryl methyl sites for hydroxylation is 3. The fraction of sp³-hybridized carbons (Fsp3) is 0.313. The third-order valence-electron chi connectivity index (χ3n) is 22.8. The lowest BCUT2D eigenvalue weighted by atomic mass is 10.1. The highest BCUT2D eigenvalue weighted by Crippen LogP contribution is 2.41. The van der Waals surface area contributed by atoms with Crippen molar-refractivity contribution in [2.24, 2.45) is 21.1 Å². The Balaban J connectivity index is 0.000000143. The first-order chi connectivity index (χ1) is 64.8. The highest BCUT2D eigenvalue weighted by Gasteiger charge is 2.26. The molecule has 134 heavy (non-hydrogen) atoms. The molecule has 0 radical (unpaired) electrons. The largest absolute Gasteiger partial charge is 0.497 e. The molecule has 0 saturated carbocycles. The Bertz CT molecular complexity index is 6380. The van der Waals surface area contributed by atoms with E-state index >= 15 is 0 Å². The number of likely N-dealkylation sites (tertiary alicyclic amines) is 2. The van der Waals surface area contributed by atoms with Gasteiger partial charge >= 0.3 is 0 Å². The molecule has 10 heterocycles. The van der Waals surface area contributed by atoms with Crippen LogP contribution in [-0.2, 0) is 27.7 Å². The van der Waals surface area contributed by atoms with Gasteiger partial charge in [-0.2, -0.15) is 20.4 Å². The SMILES string of the molecule is C.COc1cc(F)cc(N(CCCO)c2ccc3ncc(-c4cnn(CCO)c4)nc3c2)c1.COc1cc(OC)cc(N(CCN2CCC(O)C2)c2ccc3ncc(-c4cnn(C)c4)nc3c2)c1.COc1cc(OC)cc(N(CCN2CCC(O)C2)c2ccc3ncc(-c4cnn(C)c4)nc3c2)c1.COc1ccc(OC)c(N(CCCCl)c2ccc3ncc(-c4cnn(C)c4)nc3c2)c1. The average Bonchev–Trinajstić information content (AvgIpc) is 0.934. The van der Waals surface area contributed by atoms with Crippen molar-refractivity contribution < 1.29 is 58.0 Å². The number of aromatic nitrogens is 16. The number of β-amino-alcohol motifs (C(OH)–C–C–N with tert-alkyl or cyclic N) is 2. The van der Waals surface area contributed by atoms with Crippen LogP contribution in [0.15, 0.2) is 220 Å². The van der Waals surface area contributed by atoms with Gasteiger partial charge < -0.3 is 73.2 Å². The van der Waals surface area contributed by atoms with E-state index < -0.39 is 5.82 Å². The van der Waals surface area contributed by atoms with E-state index in [-0.39, 0.29) is 32.8 Å². The molecule has 0 aliphatic carbocycles. The summed E-state index contributed by atoms with van der Waals surface area (Å²) in [5.41, 5.74) is 20.0. The van der Waals surface area contributed by atoms with E-state index in [0.717, 1.165) is 211 Å². The van der Waals surface area contributed by atoms with Gasteiger partial charge in [-0.1, -0.05) is 7.43 Å². The maximum Gasteiger partial charge on any atom is 0.142 e. The van der Waals surface area contributed by atoms with E-state index in [9.17, 15) is 19.7 Å². The minimum absolute atomic E-state index is 0. The third kappa shape index (κ3) is 23.8. The molecule has 2 fully saturated rings. The van der Waals surface area contributed by atoms with Crippen LogP contribution in [0, 0.1) is 5.82 Å². The van der Waals surface area contributed by atoms with Crippen LogP contribution in [0.2, 0.25) is 0 Å². The molecule has 4 N–H and O–H groups in total. The predicted octanol–water partition coefficient (Wildman–Crippen LogP) is 15.1.